The van der Waals surface area contributed by atoms with Crippen LogP contribution in [0.4, 0.5) is 5.69 Å². The molecule has 0 spiro atoms. The number of hydrogen-bond donors (Lipinski definition) is 2. The number of aromatic amines is 1. The molecule has 0 aliphatic heterocycles. The van der Waals surface area contributed by atoms with Gasteiger partial charge in [0, 0.05) is 11.9 Å². The minimum Gasteiger partial charge on any atom is -0.321 e. The zero-order chi connectivity index (χ0) is 14.7. The van der Waals surface area contributed by atoms with Crippen molar-refractivity contribution in [1.29, 1.82) is 0 Å². The number of benzene rings is 1. The third-order valence-corrected chi connectivity index (χ3v) is 3.11. The van der Waals surface area contributed by atoms with Crippen LogP contribution in [0.3, 0.4) is 0 Å². The number of amides is 1. The van der Waals surface area contributed by atoms with E-state index in [-0.39, 0.29) is 16.8 Å². The Balaban J connectivity index is 1.75. The zero-order valence-corrected chi connectivity index (χ0v) is 11.6. The molecular weight excluding hydrogens is 288 g/mol. The van der Waals surface area contributed by atoms with E-state index in [9.17, 15) is 4.79 Å². The molecule has 2 aromatic heterocycles. The minimum atomic E-state index is -0.299. The summed E-state index contributed by atoms with van der Waals surface area (Å²) < 4.78 is 0. The van der Waals surface area contributed by atoms with Crippen molar-refractivity contribution in [2.24, 2.45) is 0 Å². The molecule has 0 unspecified atom stereocenters. The average Bonchev–Trinajstić information content (AvgIpc) is 3.02. The molecule has 104 valence electrons. The number of pyridine rings is 1. The fourth-order valence-corrected chi connectivity index (χ4v) is 2.04. The van der Waals surface area contributed by atoms with E-state index in [1.807, 2.05) is 30.3 Å². The van der Waals surface area contributed by atoms with Crippen LogP contribution in [0.15, 0.2) is 54.7 Å². The fraction of sp³-hybridized carbons (Fsp3) is 0. The van der Waals surface area contributed by atoms with Gasteiger partial charge in [0.25, 0.3) is 5.91 Å². The normalized spacial score (nSPS) is 10.3. The van der Waals surface area contributed by atoms with Crippen molar-refractivity contribution >= 4 is 23.2 Å². The van der Waals surface area contributed by atoms with Crippen LogP contribution in [0.2, 0.25) is 5.15 Å². The Morgan fingerprint density at radius 3 is 2.57 bits per heavy atom. The highest BCUT2D eigenvalue weighted by molar-refractivity contribution is 6.29. The molecule has 0 radical (unpaired) electrons. The SMILES string of the molecule is O=C(Nc1ccc(-c2ccn[nH]2)cc1)c1cccc(Cl)n1. The molecular formula is C15H11ClN4O. The highest BCUT2D eigenvalue weighted by Gasteiger charge is 2.08. The van der Waals surface area contributed by atoms with Gasteiger partial charge in [0.05, 0.1) is 5.69 Å². The summed E-state index contributed by atoms with van der Waals surface area (Å²) in [4.78, 5) is 16.0. The van der Waals surface area contributed by atoms with Crippen LogP contribution >= 0.6 is 11.6 Å². The molecule has 2 N–H and O–H groups in total. The predicted octanol–water partition coefficient (Wildman–Crippen LogP) is 3.38. The molecule has 0 bridgehead atoms. The summed E-state index contributed by atoms with van der Waals surface area (Å²) >= 11 is 5.77. The van der Waals surface area contributed by atoms with E-state index < -0.39 is 0 Å². The van der Waals surface area contributed by atoms with Crippen LogP contribution in [-0.2, 0) is 0 Å². The lowest BCUT2D eigenvalue weighted by Gasteiger charge is -2.05. The molecule has 0 saturated carbocycles. The maximum atomic E-state index is 12.0. The van der Waals surface area contributed by atoms with Gasteiger partial charge < -0.3 is 5.32 Å². The lowest BCUT2D eigenvalue weighted by molar-refractivity contribution is 0.102. The number of halogens is 1. The Morgan fingerprint density at radius 2 is 1.90 bits per heavy atom. The molecule has 6 heteroatoms. The summed E-state index contributed by atoms with van der Waals surface area (Å²) in [7, 11) is 0. The summed E-state index contributed by atoms with van der Waals surface area (Å²) in [6, 6.07) is 14.2. The standard InChI is InChI=1S/C15H11ClN4O/c16-14-3-1-2-13(19-14)15(21)18-11-6-4-10(5-7-11)12-8-9-17-20-12/h1-9H,(H,17,20)(H,18,21). The monoisotopic (exact) mass is 298 g/mol. The van der Waals surface area contributed by atoms with Crippen LogP contribution in [-0.4, -0.2) is 21.1 Å². The third-order valence-electron chi connectivity index (χ3n) is 2.90. The lowest BCUT2D eigenvalue weighted by Crippen LogP contribution is -2.13. The van der Waals surface area contributed by atoms with Crippen molar-refractivity contribution in [3.05, 3.63) is 65.6 Å². The van der Waals surface area contributed by atoms with E-state index in [4.69, 9.17) is 11.6 Å². The van der Waals surface area contributed by atoms with Crippen molar-refractivity contribution < 1.29 is 4.79 Å². The van der Waals surface area contributed by atoms with Crippen LogP contribution < -0.4 is 5.32 Å². The van der Waals surface area contributed by atoms with Gasteiger partial charge in [0.15, 0.2) is 0 Å². The van der Waals surface area contributed by atoms with Gasteiger partial charge >= 0.3 is 0 Å². The van der Waals surface area contributed by atoms with Gasteiger partial charge in [-0.25, -0.2) is 4.98 Å². The number of carbonyl (C=O) groups excluding carboxylic acids is 1. The van der Waals surface area contributed by atoms with E-state index >= 15 is 0 Å². The second kappa shape index (κ2) is 5.76. The second-order valence-electron chi connectivity index (χ2n) is 4.35. The number of H-pyrrole nitrogens is 1. The number of aromatic nitrogens is 3. The zero-order valence-electron chi connectivity index (χ0n) is 10.9. The topological polar surface area (TPSA) is 70.7 Å². The fourth-order valence-electron chi connectivity index (χ4n) is 1.88. The van der Waals surface area contributed by atoms with Gasteiger partial charge in [0.1, 0.15) is 10.8 Å². The van der Waals surface area contributed by atoms with Gasteiger partial charge in [-0.1, -0.05) is 29.8 Å². The van der Waals surface area contributed by atoms with Crippen molar-refractivity contribution in [2.45, 2.75) is 0 Å². The Hall–Kier alpha value is -2.66. The largest absolute Gasteiger partial charge is 0.321 e. The smallest absolute Gasteiger partial charge is 0.274 e. The van der Waals surface area contributed by atoms with Crippen molar-refractivity contribution in [3.63, 3.8) is 0 Å². The minimum absolute atomic E-state index is 0.278. The van der Waals surface area contributed by atoms with E-state index in [1.54, 1.807) is 24.4 Å². The van der Waals surface area contributed by atoms with Gasteiger partial charge in [-0.2, -0.15) is 5.10 Å². The molecule has 0 aliphatic rings. The molecule has 0 fully saturated rings. The number of hydrogen-bond acceptors (Lipinski definition) is 3. The van der Waals surface area contributed by atoms with Crippen molar-refractivity contribution in [2.75, 3.05) is 5.32 Å². The molecule has 0 saturated heterocycles. The lowest BCUT2D eigenvalue weighted by atomic mass is 10.1. The highest BCUT2D eigenvalue weighted by Crippen LogP contribution is 2.19. The molecule has 3 aromatic rings. The Kier molecular flexibility index (Phi) is 3.66. The molecule has 3 rings (SSSR count). The number of rotatable bonds is 3. The van der Waals surface area contributed by atoms with Crippen LogP contribution in [0.1, 0.15) is 10.5 Å². The van der Waals surface area contributed by atoms with E-state index in [0.717, 1.165) is 11.3 Å². The highest BCUT2D eigenvalue weighted by atomic mass is 35.5. The maximum absolute atomic E-state index is 12.0. The summed E-state index contributed by atoms with van der Waals surface area (Å²) in [5.74, 6) is -0.299. The Labute approximate surface area is 126 Å². The van der Waals surface area contributed by atoms with Gasteiger partial charge in [-0.15, -0.1) is 0 Å². The molecule has 2 heterocycles. The predicted molar refractivity (Wildman–Crippen MR) is 81.2 cm³/mol. The van der Waals surface area contributed by atoms with E-state index in [2.05, 4.69) is 20.5 Å². The summed E-state index contributed by atoms with van der Waals surface area (Å²) in [5, 5.41) is 9.85. The number of nitrogens with one attached hydrogen (secondary N) is 2. The molecule has 21 heavy (non-hydrogen) atoms. The molecule has 5 nitrogen and oxygen atoms in total. The second-order valence-corrected chi connectivity index (χ2v) is 4.73. The van der Waals surface area contributed by atoms with Crippen LogP contribution in [0, 0.1) is 0 Å². The molecule has 1 amide bonds. The Morgan fingerprint density at radius 1 is 1.10 bits per heavy atom. The van der Waals surface area contributed by atoms with Crippen molar-refractivity contribution in [1.82, 2.24) is 15.2 Å². The summed E-state index contributed by atoms with van der Waals surface area (Å²) in [5.41, 5.74) is 2.88. The van der Waals surface area contributed by atoms with Crippen LogP contribution in [0.25, 0.3) is 11.3 Å². The first-order chi connectivity index (χ1) is 10.2. The first kappa shape index (κ1) is 13.3. The first-order valence-corrected chi connectivity index (χ1v) is 6.64. The van der Waals surface area contributed by atoms with Gasteiger partial charge in [-0.3, -0.25) is 9.89 Å². The molecule has 0 atom stereocenters. The molecule has 1 aromatic carbocycles. The summed E-state index contributed by atoms with van der Waals surface area (Å²) in [6.45, 7) is 0. The van der Waals surface area contributed by atoms with Crippen LogP contribution in [0.5, 0.6) is 0 Å². The first-order valence-electron chi connectivity index (χ1n) is 6.26. The average molecular weight is 299 g/mol. The summed E-state index contributed by atoms with van der Waals surface area (Å²) in [6.07, 6.45) is 1.69. The van der Waals surface area contributed by atoms with E-state index in [1.165, 1.54) is 0 Å². The third kappa shape index (κ3) is 3.09. The van der Waals surface area contributed by atoms with Gasteiger partial charge in [0.2, 0.25) is 0 Å². The Bertz CT molecular complexity index is 754. The van der Waals surface area contributed by atoms with Crippen molar-refractivity contribution in [3.8, 4) is 11.3 Å². The number of anilines is 1. The van der Waals surface area contributed by atoms with E-state index in [0.29, 0.717) is 5.69 Å². The maximum Gasteiger partial charge on any atom is 0.274 e. The number of nitrogens with zero attached hydrogens (tertiary/aromatic N) is 2. The van der Waals surface area contributed by atoms with Gasteiger partial charge in [-0.05, 0) is 35.9 Å². The quantitative estimate of drug-likeness (QED) is 0.728. The number of carbonyl (C=O) groups is 1. The molecule has 0 aliphatic carbocycles.